The summed E-state index contributed by atoms with van der Waals surface area (Å²) in [5.74, 6) is 0. The smallest absolute Gasteiger partial charge is 0.326 e. The molecule has 0 amide bonds. The summed E-state index contributed by atoms with van der Waals surface area (Å²) in [5.41, 5.74) is 5.01. The largest absolute Gasteiger partial charge is 0.433 e. The lowest BCUT2D eigenvalue weighted by Crippen LogP contribution is -2.10. The van der Waals surface area contributed by atoms with Crippen LogP contribution in [0.1, 0.15) is 11.3 Å². The maximum absolute atomic E-state index is 12.6. The van der Waals surface area contributed by atoms with Crippen LogP contribution in [0.2, 0.25) is 0 Å². The molecule has 0 fully saturated rings. The Hall–Kier alpha value is -1.68. The van der Waals surface area contributed by atoms with E-state index >= 15 is 0 Å². The van der Waals surface area contributed by atoms with Gasteiger partial charge in [-0.2, -0.15) is 13.2 Å². The number of rotatable bonds is 3. The molecule has 0 radical (unpaired) electrons. The summed E-state index contributed by atoms with van der Waals surface area (Å²) in [5, 5.41) is 11.2. The summed E-state index contributed by atoms with van der Waals surface area (Å²) < 4.78 is 39.2. The molecule has 102 valence electrons. The lowest BCUT2D eigenvalue weighted by molar-refractivity contribution is -0.141. The van der Waals surface area contributed by atoms with Gasteiger partial charge in [-0.1, -0.05) is 6.07 Å². The van der Waals surface area contributed by atoms with Gasteiger partial charge in [-0.15, -0.1) is 5.10 Å². The van der Waals surface area contributed by atoms with Crippen LogP contribution < -0.4 is 5.73 Å². The number of hydrogen-bond acceptors (Lipinski definition) is 6. The SMILES string of the molecule is Cn1nnnc1Sc1nc(C(F)(F)F)ccc1CN. The van der Waals surface area contributed by atoms with Crippen molar-refractivity contribution in [1.82, 2.24) is 25.2 Å². The van der Waals surface area contributed by atoms with Gasteiger partial charge in [0, 0.05) is 13.6 Å². The first-order chi connectivity index (χ1) is 8.91. The number of nitrogens with zero attached hydrogens (tertiary/aromatic N) is 5. The molecule has 10 heteroatoms. The van der Waals surface area contributed by atoms with Crippen molar-refractivity contribution in [1.29, 1.82) is 0 Å². The Kier molecular flexibility index (Phi) is 3.71. The number of hydrogen-bond donors (Lipinski definition) is 1. The fourth-order valence-electron chi connectivity index (χ4n) is 1.27. The van der Waals surface area contributed by atoms with E-state index in [0.717, 1.165) is 17.8 Å². The standard InChI is InChI=1S/C9H9F3N6S/c1-18-8(15-16-17-18)19-7-5(4-13)2-3-6(14-7)9(10,11)12/h2-3H,4,13H2,1H3. The molecule has 0 saturated carbocycles. The van der Waals surface area contributed by atoms with Gasteiger partial charge in [-0.3, -0.25) is 0 Å². The molecule has 0 aliphatic carbocycles. The zero-order valence-electron chi connectivity index (χ0n) is 9.72. The zero-order valence-corrected chi connectivity index (χ0v) is 10.5. The van der Waals surface area contributed by atoms with Crippen LogP contribution in [0.5, 0.6) is 0 Å². The molecule has 2 heterocycles. The molecule has 2 N–H and O–H groups in total. The van der Waals surface area contributed by atoms with Crippen LogP contribution in [-0.2, 0) is 19.8 Å². The van der Waals surface area contributed by atoms with Gasteiger partial charge in [0.2, 0.25) is 5.16 Å². The van der Waals surface area contributed by atoms with E-state index in [4.69, 9.17) is 5.73 Å². The maximum atomic E-state index is 12.6. The number of halogens is 3. The Bertz CT molecular complexity index is 582. The molecule has 2 aromatic rings. The predicted molar refractivity (Wildman–Crippen MR) is 60.1 cm³/mol. The van der Waals surface area contributed by atoms with Gasteiger partial charge in [0.25, 0.3) is 0 Å². The summed E-state index contributed by atoms with van der Waals surface area (Å²) in [6, 6.07) is 2.21. The van der Waals surface area contributed by atoms with Crippen LogP contribution in [0.25, 0.3) is 0 Å². The Balaban J connectivity index is 2.40. The predicted octanol–water partition coefficient (Wildman–Crippen LogP) is 1.23. The van der Waals surface area contributed by atoms with Crippen molar-refractivity contribution in [2.45, 2.75) is 22.9 Å². The molecule has 2 rings (SSSR count). The number of alkyl halides is 3. The molecular weight excluding hydrogens is 281 g/mol. The summed E-state index contributed by atoms with van der Waals surface area (Å²) in [4.78, 5) is 3.58. The highest BCUT2D eigenvalue weighted by Gasteiger charge is 2.33. The fourth-order valence-corrected chi connectivity index (χ4v) is 2.11. The first-order valence-electron chi connectivity index (χ1n) is 5.09. The van der Waals surface area contributed by atoms with E-state index in [9.17, 15) is 13.2 Å². The van der Waals surface area contributed by atoms with E-state index in [1.807, 2.05) is 0 Å². The molecule has 2 aromatic heterocycles. The zero-order chi connectivity index (χ0) is 14.0. The summed E-state index contributed by atoms with van der Waals surface area (Å²) in [6.07, 6.45) is -4.50. The quantitative estimate of drug-likeness (QED) is 0.915. The van der Waals surface area contributed by atoms with E-state index < -0.39 is 11.9 Å². The van der Waals surface area contributed by atoms with E-state index in [0.29, 0.717) is 10.7 Å². The molecule has 0 unspecified atom stereocenters. The second-order valence-electron chi connectivity index (χ2n) is 3.55. The van der Waals surface area contributed by atoms with Crippen LogP contribution in [0.15, 0.2) is 22.3 Å². The molecule has 0 atom stereocenters. The lowest BCUT2D eigenvalue weighted by Gasteiger charge is -2.10. The van der Waals surface area contributed by atoms with Gasteiger partial charge in [-0.05, 0) is 33.8 Å². The van der Waals surface area contributed by atoms with E-state index in [-0.39, 0.29) is 11.6 Å². The van der Waals surface area contributed by atoms with Gasteiger partial charge in [0.15, 0.2) is 0 Å². The van der Waals surface area contributed by atoms with E-state index in [1.54, 1.807) is 7.05 Å². The Labute approximate surface area is 110 Å². The Morgan fingerprint density at radius 1 is 1.37 bits per heavy atom. The van der Waals surface area contributed by atoms with Crippen LogP contribution >= 0.6 is 11.8 Å². The molecule has 0 aromatic carbocycles. The van der Waals surface area contributed by atoms with Gasteiger partial charge in [0.1, 0.15) is 10.7 Å². The molecule has 19 heavy (non-hydrogen) atoms. The first kappa shape index (κ1) is 13.7. The number of pyridine rings is 1. The van der Waals surface area contributed by atoms with Crippen molar-refractivity contribution in [3.8, 4) is 0 Å². The van der Waals surface area contributed by atoms with E-state index in [1.165, 1.54) is 10.7 Å². The minimum atomic E-state index is -4.50. The summed E-state index contributed by atoms with van der Waals surface area (Å²) in [6.45, 7) is 0.0821. The lowest BCUT2D eigenvalue weighted by atomic mass is 10.2. The van der Waals surface area contributed by atoms with Crippen LogP contribution in [-0.4, -0.2) is 25.2 Å². The third-order valence-corrected chi connectivity index (χ3v) is 3.29. The number of aromatic nitrogens is 5. The van der Waals surface area contributed by atoms with Crippen LogP contribution in [0.4, 0.5) is 13.2 Å². The van der Waals surface area contributed by atoms with Gasteiger partial charge in [0.05, 0.1) is 0 Å². The van der Waals surface area contributed by atoms with E-state index in [2.05, 4.69) is 20.5 Å². The highest BCUT2D eigenvalue weighted by Crippen LogP contribution is 2.32. The third kappa shape index (κ3) is 3.01. The highest BCUT2D eigenvalue weighted by molar-refractivity contribution is 7.99. The van der Waals surface area contributed by atoms with Crippen molar-refractivity contribution >= 4 is 11.8 Å². The topological polar surface area (TPSA) is 82.5 Å². The van der Waals surface area contributed by atoms with Crippen LogP contribution in [0, 0.1) is 0 Å². The fraction of sp³-hybridized carbons (Fsp3) is 0.333. The number of nitrogens with two attached hydrogens (primary N) is 1. The van der Waals surface area contributed by atoms with Gasteiger partial charge < -0.3 is 5.73 Å². The van der Waals surface area contributed by atoms with Crippen molar-refractivity contribution in [2.24, 2.45) is 12.8 Å². The maximum Gasteiger partial charge on any atom is 0.433 e. The monoisotopic (exact) mass is 290 g/mol. The van der Waals surface area contributed by atoms with Gasteiger partial charge in [-0.25, -0.2) is 9.67 Å². The second-order valence-corrected chi connectivity index (χ2v) is 4.51. The first-order valence-corrected chi connectivity index (χ1v) is 5.91. The molecule has 0 spiro atoms. The molecule has 6 nitrogen and oxygen atoms in total. The minimum absolute atomic E-state index is 0.0821. The third-order valence-electron chi connectivity index (χ3n) is 2.22. The number of aryl methyl sites for hydroxylation is 1. The molecule has 0 bridgehead atoms. The van der Waals surface area contributed by atoms with Crippen molar-refractivity contribution in [2.75, 3.05) is 0 Å². The minimum Gasteiger partial charge on any atom is -0.326 e. The molecule has 0 aliphatic rings. The molecule has 0 saturated heterocycles. The average Bonchev–Trinajstić information content (AvgIpc) is 2.74. The Morgan fingerprint density at radius 2 is 2.11 bits per heavy atom. The summed E-state index contributed by atoms with van der Waals surface area (Å²) in [7, 11) is 1.58. The van der Waals surface area contributed by atoms with Crippen molar-refractivity contribution < 1.29 is 13.2 Å². The molecular formula is C9H9F3N6S. The number of tetrazole rings is 1. The average molecular weight is 290 g/mol. The van der Waals surface area contributed by atoms with Gasteiger partial charge >= 0.3 is 6.18 Å². The van der Waals surface area contributed by atoms with Crippen molar-refractivity contribution in [3.63, 3.8) is 0 Å². The Morgan fingerprint density at radius 3 is 2.63 bits per heavy atom. The normalized spacial score (nSPS) is 11.8. The highest BCUT2D eigenvalue weighted by atomic mass is 32.2. The molecule has 0 aliphatic heterocycles. The van der Waals surface area contributed by atoms with Crippen molar-refractivity contribution in [3.05, 3.63) is 23.4 Å². The van der Waals surface area contributed by atoms with Crippen LogP contribution in [0.3, 0.4) is 0 Å². The summed E-state index contributed by atoms with van der Waals surface area (Å²) >= 11 is 0.938. The second kappa shape index (κ2) is 5.13.